The van der Waals surface area contributed by atoms with Crippen LogP contribution in [0.15, 0.2) is 33.6 Å². The highest BCUT2D eigenvalue weighted by molar-refractivity contribution is 9.10. The summed E-state index contributed by atoms with van der Waals surface area (Å²) < 4.78 is 1.07. The summed E-state index contributed by atoms with van der Waals surface area (Å²) in [4.78, 5) is 0.986. The van der Waals surface area contributed by atoms with E-state index in [1.807, 2.05) is 38.1 Å². The molecule has 0 saturated heterocycles. The van der Waals surface area contributed by atoms with Crippen molar-refractivity contribution < 1.29 is 0 Å². The zero-order valence-electron chi connectivity index (χ0n) is 6.13. The Kier molecular flexibility index (Phi) is 5.84. The summed E-state index contributed by atoms with van der Waals surface area (Å²) in [7, 11) is 0. The predicted octanol–water partition coefficient (Wildman–Crippen LogP) is 3.76. The molecule has 10 heavy (non-hydrogen) atoms. The van der Waals surface area contributed by atoms with Gasteiger partial charge in [-0.05, 0) is 18.2 Å². The van der Waals surface area contributed by atoms with Gasteiger partial charge in [0.15, 0.2) is 0 Å². The highest BCUT2D eigenvalue weighted by atomic mass is 79.9. The van der Waals surface area contributed by atoms with Gasteiger partial charge in [-0.25, -0.2) is 0 Å². The standard InChI is InChI=1S/C6H5BrS.C2H6/c7-5-2-1-3-6(8)4-5;1-2/h1-4,8H;1-2H3. The van der Waals surface area contributed by atoms with Gasteiger partial charge < -0.3 is 0 Å². The minimum absolute atomic E-state index is 0.986. The van der Waals surface area contributed by atoms with Crippen LogP contribution >= 0.6 is 28.6 Å². The van der Waals surface area contributed by atoms with E-state index in [0.29, 0.717) is 0 Å². The number of benzene rings is 1. The van der Waals surface area contributed by atoms with Crippen molar-refractivity contribution in [3.8, 4) is 0 Å². The Balaban J connectivity index is 0.000000371. The first-order chi connectivity index (χ1) is 4.79. The Morgan fingerprint density at radius 1 is 1.30 bits per heavy atom. The van der Waals surface area contributed by atoms with Gasteiger partial charge in [0.1, 0.15) is 0 Å². The van der Waals surface area contributed by atoms with Crippen molar-refractivity contribution in [2.24, 2.45) is 0 Å². The van der Waals surface area contributed by atoms with Crippen LogP contribution in [0.5, 0.6) is 0 Å². The van der Waals surface area contributed by atoms with Crippen LogP contribution in [0.3, 0.4) is 0 Å². The summed E-state index contributed by atoms with van der Waals surface area (Å²) in [5.74, 6) is 0. The second-order valence-electron chi connectivity index (χ2n) is 1.48. The highest BCUT2D eigenvalue weighted by Crippen LogP contribution is 2.13. The first-order valence-electron chi connectivity index (χ1n) is 3.23. The van der Waals surface area contributed by atoms with E-state index >= 15 is 0 Å². The van der Waals surface area contributed by atoms with Crippen molar-refractivity contribution >= 4 is 28.6 Å². The molecular weight excluding hydrogens is 208 g/mol. The largest absolute Gasteiger partial charge is 0.143 e. The summed E-state index contributed by atoms with van der Waals surface area (Å²) in [6, 6.07) is 7.81. The number of rotatable bonds is 0. The fourth-order valence-electron chi connectivity index (χ4n) is 0.476. The molecule has 1 aromatic rings. The molecule has 0 aliphatic heterocycles. The summed E-state index contributed by atoms with van der Waals surface area (Å²) in [6.45, 7) is 4.00. The number of hydrogen-bond acceptors (Lipinski definition) is 1. The van der Waals surface area contributed by atoms with Gasteiger partial charge in [0.05, 0.1) is 0 Å². The predicted molar refractivity (Wildman–Crippen MR) is 52.7 cm³/mol. The van der Waals surface area contributed by atoms with Crippen LogP contribution in [-0.4, -0.2) is 0 Å². The maximum absolute atomic E-state index is 4.12. The van der Waals surface area contributed by atoms with Crippen molar-refractivity contribution in [3.63, 3.8) is 0 Å². The Hall–Kier alpha value is 0.0500. The van der Waals surface area contributed by atoms with Gasteiger partial charge in [0, 0.05) is 9.37 Å². The van der Waals surface area contributed by atoms with E-state index in [4.69, 9.17) is 0 Å². The second-order valence-corrected chi connectivity index (χ2v) is 2.91. The Morgan fingerprint density at radius 2 is 1.90 bits per heavy atom. The molecule has 0 amide bonds. The van der Waals surface area contributed by atoms with Crippen LogP contribution < -0.4 is 0 Å². The van der Waals surface area contributed by atoms with Crippen molar-refractivity contribution in [2.75, 3.05) is 0 Å². The minimum atomic E-state index is 0.986. The second kappa shape index (κ2) is 5.81. The lowest BCUT2D eigenvalue weighted by Crippen LogP contribution is -1.62. The first kappa shape index (κ1) is 10.0. The summed E-state index contributed by atoms with van der Waals surface area (Å²) in [6.07, 6.45) is 0. The minimum Gasteiger partial charge on any atom is -0.143 e. The highest BCUT2D eigenvalue weighted by Gasteiger charge is 1.83. The maximum Gasteiger partial charge on any atom is 0.0186 e. The molecule has 0 spiro atoms. The van der Waals surface area contributed by atoms with Gasteiger partial charge in [0.2, 0.25) is 0 Å². The molecule has 0 aliphatic rings. The molecule has 0 bridgehead atoms. The van der Waals surface area contributed by atoms with E-state index in [1.54, 1.807) is 0 Å². The van der Waals surface area contributed by atoms with Gasteiger partial charge in [-0.3, -0.25) is 0 Å². The molecule has 0 unspecified atom stereocenters. The smallest absolute Gasteiger partial charge is 0.0186 e. The van der Waals surface area contributed by atoms with Crippen LogP contribution in [0.4, 0.5) is 0 Å². The Bertz CT molecular complexity index is 169. The SMILES string of the molecule is CC.Sc1cccc(Br)c1. The molecule has 0 aliphatic carbocycles. The fraction of sp³-hybridized carbons (Fsp3) is 0.250. The van der Waals surface area contributed by atoms with Crippen LogP contribution in [0.2, 0.25) is 0 Å². The van der Waals surface area contributed by atoms with E-state index in [9.17, 15) is 0 Å². The van der Waals surface area contributed by atoms with E-state index in [0.717, 1.165) is 9.37 Å². The number of halogens is 1. The summed E-state index contributed by atoms with van der Waals surface area (Å²) in [5.41, 5.74) is 0. The zero-order chi connectivity index (χ0) is 7.98. The van der Waals surface area contributed by atoms with Crippen LogP contribution in [0.25, 0.3) is 0 Å². The first-order valence-corrected chi connectivity index (χ1v) is 4.47. The van der Waals surface area contributed by atoms with Gasteiger partial charge >= 0.3 is 0 Å². The van der Waals surface area contributed by atoms with Gasteiger partial charge in [0.25, 0.3) is 0 Å². The van der Waals surface area contributed by atoms with Crippen LogP contribution in [-0.2, 0) is 0 Å². The normalized spacial score (nSPS) is 8.00. The molecular formula is C8H11BrS. The average molecular weight is 219 g/mol. The van der Waals surface area contributed by atoms with Crippen molar-refractivity contribution in [3.05, 3.63) is 28.7 Å². The topological polar surface area (TPSA) is 0 Å². The van der Waals surface area contributed by atoms with E-state index in [2.05, 4.69) is 28.6 Å². The summed E-state index contributed by atoms with van der Waals surface area (Å²) >= 11 is 7.44. The zero-order valence-corrected chi connectivity index (χ0v) is 8.62. The van der Waals surface area contributed by atoms with E-state index < -0.39 is 0 Å². The molecule has 56 valence electrons. The number of thiol groups is 1. The summed E-state index contributed by atoms with van der Waals surface area (Å²) in [5, 5.41) is 0. The quantitative estimate of drug-likeness (QED) is 0.631. The molecule has 2 heteroatoms. The lowest BCUT2D eigenvalue weighted by molar-refractivity contribution is 1.45. The van der Waals surface area contributed by atoms with Crippen LogP contribution in [0, 0.1) is 0 Å². The maximum atomic E-state index is 4.12. The van der Waals surface area contributed by atoms with Gasteiger partial charge in [-0.2, -0.15) is 0 Å². The monoisotopic (exact) mass is 218 g/mol. The molecule has 0 aromatic heterocycles. The third-order valence-electron chi connectivity index (χ3n) is 0.808. The molecule has 0 atom stereocenters. The molecule has 0 heterocycles. The molecule has 0 N–H and O–H groups in total. The number of hydrogen-bond donors (Lipinski definition) is 1. The third-order valence-corrected chi connectivity index (χ3v) is 1.58. The molecule has 0 nitrogen and oxygen atoms in total. The molecule has 0 saturated carbocycles. The molecule has 1 aromatic carbocycles. The van der Waals surface area contributed by atoms with Crippen molar-refractivity contribution in [1.29, 1.82) is 0 Å². The van der Waals surface area contributed by atoms with Crippen LogP contribution in [0.1, 0.15) is 13.8 Å². The molecule has 1 rings (SSSR count). The molecule has 0 fully saturated rings. The molecule has 0 radical (unpaired) electrons. The van der Waals surface area contributed by atoms with Crippen molar-refractivity contribution in [1.82, 2.24) is 0 Å². The van der Waals surface area contributed by atoms with Gasteiger partial charge in [-0.1, -0.05) is 35.8 Å². The Morgan fingerprint density at radius 3 is 2.20 bits per heavy atom. The lowest BCUT2D eigenvalue weighted by Gasteiger charge is -1.88. The van der Waals surface area contributed by atoms with E-state index in [1.165, 1.54) is 0 Å². The average Bonchev–Trinajstić information content (AvgIpc) is 1.91. The van der Waals surface area contributed by atoms with E-state index in [-0.39, 0.29) is 0 Å². The van der Waals surface area contributed by atoms with Crippen molar-refractivity contribution in [2.45, 2.75) is 18.7 Å². The fourth-order valence-corrected chi connectivity index (χ4v) is 1.28. The Labute approximate surface area is 76.2 Å². The third kappa shape index (κ3) is 3.96. The van der Waals surface area contributed by atoms with Gasteiger partial charge in [-0.15, -0.1) is 12.6 Å². The lowest BCUT2D eigenvalue weighted by atomic mass is 10.4.